The van der Waals surface area contributed by atoms with Gasteiger partial charge in [-0.1, -0.05) is 17.7 Å². The van der Waals surface area contributed by atoms with Gasteiger partial charge >= 0.3 is 5.97 Å². The van der Waals surface area contributed by atoms with Gasteiger partial charge in [0.25, 0.3) is 0 Å². The lowest BCUT2D eigenvalue weighted by Gasteiger charge is -2.02. The second kappa shape index (κ2) is 5.16. The Labute approximate surface area is 113 Å². The van der Waals surface area contributed by atoms with Gasteiger partial charge in [0.2, 0.25) is 5.91 Å². The predicted molar refractivity (Wildman–Crippen MR) is 72.7 cm³/mol. The van der Waals surface area contributed by atoms with Crippen LogP contribution in [-0.2, 0) is 9.59 Å². The molecule has 0 aliphatic rings. The van der Waals surface area contributed by atoms with Gasteiger partial charge in [0.1, 0.15) is 5.70 Å². The summed E-state index contributed by atoms with van der Waals surface area (Å²) in [6.07, 6.45) is 3.06. The van der Waals surface area contributed by atoms with Crippen molar-refractivity contribution in [3.05, 3.63) is 40.7 Å². The summed E-state index contributed by atoms with van der Waals surface area (Å²) in [4.78, 5) is 25.0. The lowest BCUT2D eigenvalue weighted by atomic mass is 10.1. The third-order valence-corrected chi connectivity index (χ3v) is 2.75. The first-order valence-corrected chi connectivity index (χ1v) is 5.84. The molecular formula is C13H11ClN2O3. The Morgan fingerprint density at radius 3 is 2.79 bits per heavy atom. The van der Waals surface area contributed by atoms with E-state index in [9.17, 15) is 9.59 Å². The largest absolute Gasteiger partial charge is 0.477 e. The summed E-state index contributed by atoms with van der Waals surface area (Å²) in [6.45, 7) is 1.26. The molecule has 1 amide bonds. The molecule has 0 aliphatic heterocycles. The minimum Gasteiger partial charge on any atom is -0.477 e. The van der Waals surface area contributed by atoms with Crippen LogP contribution in [0.15, 0.2) is 30.1 Å². The van der Waals surface area contributed by atoms with Crippen molar-refractivity contribution in [2.24, 2.45) is 0 Å². The van der Waals surface area contributed by atoms with Crippen molar-refractivity contribution >= 4 is 40.5 Å². The number of fused-ring (bicyclic) bond motifs is 1. The van der Waals surface area contributed by atoms with Gasteiger partial charge in [0.15, 0.2) is 0 Å². The molecule has 0 saturated heterocycles. The van der Waals surface area contributed by atoms with Crippen LogP contribution in [-0.4, -0.2) is 22.0 Å². The summed E-state index contributed by atoms with van der Waals surface area (Å²) in [7, 11) is 0. The number of amides is 1. The summed E-state index contributed by atoms with van der Waals surface area (Å²) in [5, 5.41) is 12.7. The molecule has 1 heterocycles. The zero-order chi connectivity index (χ0) is 14.0. The monoisotopic (exact) mass is 278 g/mol. The predicted octanol–water partition coefficient (Wildman–Crippen LogP) is 2.38. The molecule has 0 unspecified atom stereocenters. The number of rotatable bonds is 3. The second-order valence-electron chi connectivity index (χ2n) is 3.98. The molecular weight excluding hydrogens is 268 g/mol. The number of benzene rings is 1. The maximum Gasteiger partial charge on any atom is 0.352 e. The maximum atomic E-state index is 11.0. The number of H-pyrrole nitrogens is 1. The highest BCUT2D eigenvalue weighted by atomic mass is 35.5. The first-order chi connectivity index (χ1) is 8.97. The molecule has 0 spiro atoms. The van der Waals surface area contributed by atoms with Crippen LogP contribution >= 0.6 is 11.6 Å². The topological polar surface area (TPSA) is 82.2 Å². The summed E-state index contributed by atoms with van der Waals surface area (Å²) in [5.41, 5.74) is 1.28. The Balaban J connectivity index is 2.48. The van der Waals surface area contributed by atoms with E-state index in [1.54, 1.807) is 24.4 Å². The molecule has 2 aromatic rings. The van der Waals surface area contributed by atoms with Crippen molar-refractivity contribution in [2.75, 3.05) is 0 Å². The third-order valence-electron chi connectivity index (χ3n) is 2.52. The van der Waals surface area contributed by atoms with Gasteiger partial charge in [-0.3, -0.25) is 4.79 Å². The van der Waals surface area contributed by atoms with E-state index in [0.29, 0.717) is 10.6 Å². The molecule has 2 rings (SSSR count). The van der Waals surface area contributed by atoms with Crippen LogP contribution in [0, 0.1) is 0 Å². The summed E-state index contributed by atoms with van der Waals surface area (Å²) in [5.74, 6) is -1.63. The van der Waals surface area contributed by atoms with Gasteiger partial charge in [-0.05, 0) is 18.2 Å². The van der Waals surface area contributed by atoms with Crippen LogP contribution < -0.4 is 5.32 Å². The summed E-state index contributed by atoms with van der Waals surface area (Å²) < 4.78 is 0. The zero-order valence-corrected chi connectivity index (χ0v) is 10.8. The number of aliphatic carboxylic acids is 1. The molecule has 3 N–H and O–H groups in total. The van der Waals surface area contributed by atoms with Gasteiger partial charge < -0.3 is 15.4 Å². The number of nitrogens with one attached hydrogen (secondary N) is 2. The molecule has 1 aromatic carbocycles. The number of carboxylic acids is 1. The van der Waals surface area contributed by atoms with Crippen LogP contribution in [0.5, 0.6) is 0 Å². The Bertz CT molecular complexity index is 688. The van der Waals surface area contributed by atoms with Gasteiger partial charge in [-0.15, -0.1) is 0 Å². The lowest BCUT2D eigenvalue weighted by Crippen LogP contribution is -2.24. The number of aromatic amines is 1. The lowest BCUT2D eigenvalue weighted by molar-refractivity contribution is -0.134. The van der Waals surface area contributed by atoms with Crippen LogP contribution in [0.4, 0.5) is 0 Å². The Morgan fingerprint density at radius 2 is 2.16 bits per heavy atom. The Kier molecular flexibility index (Phi) is 3.57. The molecule has 0 bridgehead atoms. The van der Waals surface area contributed by atoms with E-state index in [1.807, 2.05) is 0 Å². The fourth-order valence-electron chi connectivity index (χ4n) is 1.74. The first-order valence-electron chi connectivity index (χ1n) is 5.46. The van der Waals surface area contributed by atoms with Gasteiger partial charge in [0.05, 0.1) is 0 Å². The number of carbonyl (C=O) groups is 2. The van der Waals surface area contributed by atoms with Crippen LogP contribution in [0.1, 0.15) is 12.5 Å². The van der Waals surface area contributed by atoms with E-state index >= 15 is 0 Å². The smallest absolute Gasteiger partial charge is 0.352 e. The van der Waals surface area contributed by atoms with Crippen LogP contribution in [0.25, 0.3) is 17.0 Å². The summed E-state index contributed by atoms with van der Waals surface area (Å²) >= 11 is 5.87. The highest BCUT2D eigenvalue weighted by Gasteiger charge is 2.10. The van der Waals surface area contributed by atoms with E-state index in [-0.39, 0.29) is 5.70 Å². The highest BCUT2D eigenvalue weighted by molar-refractivity contribution is 6.31. The van der Waals surface area contributed by atoms with Crippen molar-refractivity contribution in [3.63, 3.8) is 0 Å². The van der Waals surface area contributed by atoms with Crippen molar-refractivity contribution < 1.29 is 14.7 Å². The van der Waals surface area contributed by atoms with Gasteiger partial charge in [0, 0.05) is 34.6 Å². The van der Waals surface area contributed by atoms with Crippen molar-refractivity contribution in [2.45, 2.75) is 6.92 Å². The maximum absolute atomic E-state index is 11.0. The number of carboxylic acid groups (broad SMARTS) is 1. The number of aromatic nitrogens is 1. The van der Waals surface area contributed by atoms with Gasteiger partial charge in [-0.2, -0.15) is 0 Å². The van der Waals surface area contributed by atoms with E-state index < -0.39 is 11.9 Å². The molecule has 0 saturated carbocycles. The molecule has 5 nitrogen and oxygen atoms in total. The normalized spacial score (nSPS) is 11.6. The highest BCUT2D eigenvalue weighted by Crippen LogP contribution is 2.23. The third kappa shape index (κ3) is 2.95. The number of halogens is 1. The fourth-order valence-corrected chi connectivity index (χ4v) is 1.91. The molecule has 98 valence electrons. The Hall–Kier alpha value is -2.27. The van der Waals surface area contributed by atoms with Crippen molar-refractivity contribution in [1.29, 1.82) is 0 Å². The van der Waals surface area contributed by atoms with Crippen molar-refractivity contribution in [3.8, 4) is 0 Å². The standard InChI is InChI=1S/C13H11ClN2O3/c1-7(17)16-12(13(18)19)4-8-6-15-11-5-9(14)2-3-10(8)11/h2-6,15H,1H3,(H,16,17)(H,18,19)/b12-4-. The van der Waals surface area contributed by atoms with Gasteiger partial charge in [-0.25, -0.2) is 4.79 Å². The first kappa shape index (κ1) is 13.2. The average Bonchev–Trinajstić information content (AvgIpc) is 2.70. The molecule has 19 heavy (non-hydrogen) atoms. The van der Waals surface area contributed by atoms with E-state index in [4.69, 9.17) is 16.7 Å². The quantitative estimate of drug-likeness (QED) is 0.754. The average molecular weight is 279 g/mol. The zero-order valence-electron chi connectivity index (χ0n) is 10.0. The fraction of sp³-hybridized carbons (Fsp3) is 0.0769. The number of carbonyl (C=O) groups excluding carboxylic acids is 1. The molecule has 0 fully saturated rings. The number of hydrogen-bond acceptors (Lipinski definition) is 2. The van der Waals surface area contributed by atoms with E-state index in [1.165, 1.54) is 13.0 Å². The second-order valence-corrected chi connectivity index (χ2v) is 4.41. The minimum absolute atomic E-state index is 0.177. The molecule has 0 radical (unpaired) electrons. The SMILES string of the molecule is CC(=O)N/C(=C\c1c[nH]c2cc(Cl)ccc12)C(=O)O. The van der Waals surface area contributed by atoms with Crippen LogP contribution in [0.2, 0.25) is 5.02 Å². The minimum atomic E-state index is -1.20. The molecule has 0 atom stereocenters. The van der Waals surface area contributed by atoms with E-state index in [0.717, 1.165) is 10.9 Å². The molecule has 6 heteroatoms. The number of hydrogen-bond donors (Lipinski definition) is 3. The van der Waals surface area contributed by atoms with Crippen molar-refractivity contribution in [1.82, 2.24) is 10.3 Å². The molecule has 1 aromatic heterocycles. The van der Waals surface area contributed by atoms with E-state index in [2.05, 4.69) is 10.3 Å². The van der Waals surface area contributed by atoms with Crippen LogP contribution in [0.3, 0.4) is 0 Å². The molecule has 0 aliphatic carbocycles. The Morgan fingerprint density at radius 1 is 1.42 bits per heavy atom. The summed E-state index contributed by atoms with van der Waals surface area (Å²) in [6, 6.07) is 5.24.